The third kappa shape index (κ3) is 2.20. The third-order valence-electron chi connectivity index (χ3n) is 4.11. The van der Waals surface area contributed by atoms with Crippen LogP contribution in [-0.2, 0) is 4.74 Å². The number of fused-ring (bicyclic) bond motifs is 1. The Morgan fingerprint density at radius 1 is 1.53 bits per heavy atom. The predicted octanol–water partition coefficient (Wildman–Crippen LogP) is 1.60. The number of carbonyl (C=O) groups is 1. The van der Waals surface area contributed by atoms with Gasteiger partial charge in [-0.3, -0.25) is 4.79 Å². The van der Waals surface area contributed by atoms with Crippen LogP contribution in [0.1, 0.15) is 22.3 Å². The Hall–Kier alpha value is -0.910. The van der Waals surface area contributed by atoms with Crippen LogP contribution in [0.3, 0.4) is 0 Å². The van der Waals surface area contributed by atoms with Gasteiger partial charge in [-0.15, -0.1) is 0 Å². The molecule has 4 nitrogen and oxygen atoms in total. The van der Waals surface area contributed by atoms with Crippen LogP contribution in [0.2, 0.25) is 0 Å². The number of hydrogen-bond donors (Lipinski definition) is 2. The van der Waals surface area contributed by atoms with Gasteiger partial charge >= 0.3 is 0 Å². The van der Waals surface area contributed by atoms with Crippen molar-refractivity contribution in [3.8, 4) is 0 Å². The molecule has 0 radical (unpaired) electrons. The fraction of sp³-hybridized carbons (Fsp3) is 0.500. The molecule has 0 bridgehead atoms. The first-order valence-corrected chi connectivity index (χ1v) is 7.31. The Bertz CT molecular complexity index is 520. The van der Waals surface area contributed by atoms with Gasteiger partial charge in [0.15, 0.2) is 0 Å². The summed E-state index contributed by atoms with van der Waals surface area (Å²) in [6.45, 7) is 2.74. The standard InChI is InChI=1S/C14H17BrN2O2/c1-7-2-3-8(10(15)6-7)14(18)17-12-11(16)9-4-5-19-13(9)12/h2-3,6,9,11-13H,4-5,16H2,1H3,(H,17,18). The minimum absolute atomic E-state index is 0.0145. The first-order valence-electron chi connectivity index (χ1n) is 6.52. The van der Waals surface area contributed by atoms with Crippen LogP contribution in [0.4, 0.5) is 0 Å². The van der Waals surface area contributed by atoms with Crippen molar-refractivity contribution < 1.29 is 9.53 Å². The molecule has 1 heterocycles. The zero-order chi connectivity index (χ0) is 13.6. The van der Waals surface area contributed by atoms with Crippen molar-refractivity contribution >= 4 is 21.8 Å². The van der Waals surface area contributed by atoms with E-state index >= 15 is 0 Å². The van der Waals surface area contributed by atoms with Crippen LogP contribution in [-0.4, -0.2) is 30.7 Å². The van der Waals surface area contributed by atoms with E-state index in [1.807, 2.05) is 25.1 Å². The summed E-state index contributed by atoms with van der Waals surface area (Å²) >= 11 is 3.43. The third-order valence-corrected chi connectivity index (χ3v) is 4.77. The molecule has 1 aromatic rings. The Kier molecular flexibility index (Phi) is 3.37. The molecule has 19 heavy (non-hydrogen) atoms. The van der Waals surface area contributed by atoms with Crippen molar-refractivity contribution in [3.05, 3.63) is 33.8 Å². The molecule has 1 amide bonds. The monoisotopic (exact) mass is 324 g/mol. The van der Waals surface area contributed by atoms with Crippen LogP contribution in [0.25, 0.3) is 0 Å². The summed E-state index contributed by atoms with van der Waals surface area (Å²) in [5.74, 6) is 0.313. The van der Waals surface area contributed by atoms with Crippen molar-refractivity contribution in [2.75, 3.05) is 6.61 Å². The molecule has 1 aliphatic heterocycles. The zero-order valence-electron chi connectivity index (χ0n) is 10.7. The molecule has 3 rings (SSSR count). The van der Waals surface area contributed by atoms with Crippen molar-refractivity contribution in [2.45, 2.75) is 31.5 Å². The van der Waals surface area contributed by atoms with Gasteiger partial charge in [-0.25, -0.2) is 0 Å². The quantitative estimate of drug-likeness (QED) is 0.868. The summed E-state index contributed by atoms with van der Waals surface area (Å²) in [5, 5.41) is 3.00. The van der Waals surface area contributed by atoms with E-state index in [4.69, 9.17) is 10.5 Å². The van der Waals surface area contributed by atoms with Gasteiger partial charge in [0.2, 0.25) is 0 Å². The summed E-state index contributed by atoms with van der Waals surface area (Å²) in [6.07, 6.45) is 1.11. The molecule has 1 aromatic carbocycles. The number of aryl methyl sites for hydroxylation is 1. The first kappa shape index (κ1) is 13.1. The molecular weight excluding hydrogens is 308 g/mol. The molecule has 3 N–H and O–H groups in total. The Balaban J connectivity index is 1.71. The lowest BCUT2D eigenvalue weighted by molar-refractivity contribution is -0.0161. The number of carbonyl (C=O) groups excluding carboxylic acids is 1. The van der Waals surface area contributed by atoms with E-state index in [0.29, 0.717) is 11.5 Å². The van der Waals surface area contributed by atoms with Crippen LogP contribution in [0.5, 0.6) is 0 Å². The van der Waals surface area contributed by atoms with Gasteiger partial charge in [-0.1, -0.05) is 6.07 Å². The van der Waals surface area contributed by atoms with E-state index in [2.05, 4.69) is 21.2 Å². The Morgan fingerprint density at radius 2 is 2.32 bits per heavy atom. The lowest BCUT2D eigenvalue weighted by Crippen LogP contribution is -2.68. The maximum Gasteiger partial charge on any atom is 0.252 e. The fourth-order valence-corrected chi connectivity index (χ4v) is 3.63. The van der Waals surface area contributed by atoms with Crippen molar-refractivity contribution in [3.63, 3.8) is 0 Å². The second-order valence-electron chi connectivity index (χ2n) is 5.35. The van der Waals surface area contributed by atoms with Crippen molar-refractivity contribution in [1.29, 1.82) is 0 Å². The second kappa shape index (κ2) is 4.89. The van der Waals surface area contributed by atoms with Gasteiger partial charge < -0.3 is 15.8 Å². The first-order chi connectivity index (χ1) is 9.08. The number of nitrogens with two attached hydrogens (primary N) is 1. The normalized spacial score (nSPS) is 32.6. The average molecular weight is 325 g/mol. The summed E-state index contributed by atoms with van der Waals surface area (Å²) < 4.78 is 6.42. The van der Waals surface area contributed by atoms with Gasteiger partial charge in [0.1, 0.15) is 0 Å². The smallest absolute Gasteiger partial charge is 0.252 e. The molecule has 4 unspecified atom stereocenters. The summed E-state index contributed by atoms with van der Waals surface area (Å²) in [4.78, 5) is 12.3. The predicted molar refractivity (Wildman–Crippen MR) is 76.0 cm³/mol. The molecular formula is C14H17BrN2O2. The molecule has 1 aliphatic carbocycles. The minimum Gasteiger partial charge on any atom is -0.376 e. The second-order valence-corrected chi connectivity index (χ2v) is 6.20. The highest BCUT2D eigenvalue weighted by molar-refractivity contribution is 9.10. The highest BCUT2D eigenvalue weighted by Crippen LogP contribution is 2.37. The van der Waals surface area contributed by atoms with E-state index < -0.39 is 0 Å². The van der Waals surface area contributed by atoms with Gasteiger partial charge in [-0.2, -0.15) is 0 Å². The van der Waals surface area contributed by atoms with E-state index in [1.165, 1.54) is 0 Å². The van der Waals surface area contributed by atoms with E-state index in [0.717, 1.165) is 23.1 Å². The van der Waals surface area contributed by atoms with Crippen molar-refractivity contribution in [2.24, 2.45) is 11.7 Å². The Morgan fingerprint density at radius 3 is 3.05 bits per heavy atom. The minimum atomic E-state index is -0.0960. The van der Waals surface area contributed by atoms with Gasteiger partial charge in [0.05, 0.1) is 17.7 Å². The summed E-state index contributed by atoms with van der Waals surface area (Å²) in [6, 6.07) is 5.64. The molecule has 1 saturated carbocycles. The molecule has 0 aromatic heterocycles. The van der Waals surface area contributed by atoms with Crippen LogP contribution in [0.15, 0.2) is 22.7 Å². The van der Waals surface area contributed by atoms with Gasteiger partial charge in [0.25, 0.3) is 5.91 Å². The highest BCUT2D eigenvalue weighted by atomic mass is 79.9. The molecule has 0 spiro atoms. The number of rotatable bonds is 2. The average Bonchev–Trinajstić information content (AvgIpc) is 2.80. The molecule has 2 aliphatic rings. The largest absolute Gasteiger partial charge is 0.376 e. The van der Waals surface area contributed by atoms with E-state index in [9.17, 15) is 4.79 Å². The topological polar surface area (TPSA) is 64.4 Å². The number of hydrogen-bond acceptors (Lipinski definition) is 3. The zero-order valence-corrected chi connectivity index (χ0v) is 12.3. The molecule has 1 saturated heterocycles. The van der Waals surface area contributed by atoms with Crippen LogP contribution >= 0.6 is 15.9 Å². The van der Waals surface area contributed by atoms with Crippen molar-refractivity contribution in [1.82, 2.24) is 5.32 Å². The number of halogens is 1. The maximum absolute atomic E-state index is 12.3. The number of nitrogens with one attached hydrogen (secondary N) is 1. The van der Waals surface area contributed by atoms with Gasteiger partial charge in [0, 0.05) is 23.0 Å². The molecule has 5 heteroatoms. The van der Waals surface area contributed by atoms with E-state index in [-0.39, 0.29) is 24.1 Å². The molecule has 2 fully saturated rings. The van der Waals surface area contributed by atoms with Crippen LogP contribution in [0, 0.1) is 12.8 Å². The highest BCUT2D eigenvalue weighted by Gasteiger charge is 2.52. The maximum atomic E-state index is 12.3. The summed E-state index contributed by atoms with van der Waals surface area (Å²) in [5.41, 5.74) is 7.84. The number of ether oxygens (including phenoxy) is 1. The fourth-order valence-electron chi connectivity index (χ4n) is 2.96. The van der Waals surface area contributed by atoms with E-state index in [1.54, 1.807) is 0 Å². The molecule has 4 atom stereocenters. The Labute approximate surface area is 120 Å². The molecule has 102 valence electrons. The van der Waals surface area contributed by atoms with Gasteiger partial charge in [-0.05, 0) is 47.0 Å². The van der Waals surface area contributed by atoms with Crippen LogP contribution < -0.4 is 11.1 Å². The SMILES string of the molecule is Cc1ccc(C(=O)NC2C(N)C3CCOC32)c(Br)c1. The lowest BCUT2D eigenvalue weighted by Gasteiger charge is -2.45. The number of benzene rings is 1. The summed E-state index contributed by atoms with van der Waals surface area (Å²) in [7, 11) is 0. The lowest BCUT2D eigenvalue weighted by atomic mass is 9.72. The number of amides is 1.